The average molecular weight is 229 g/mol. The summed E-state index contributed by atoms with van der Waals surface area (Å²) in [6, 6.07) is 13.7. The third-order valence-corrected chi connectivity index (χ3v) is 2.76. The van der Waals surface area contributed by atoms with E-state index in [4.69, 9.17) is 11.6 Å². The van der Waals surface area contributed by atoms with Crippen LogP contribution < -0.4 is 0 Å². The molecule has 3 rings (SSSR count). The van der Waals surface area contributed by atoms with Crippen molar-refractivity contribution in [1.82, 2.24) is 9.38 Å². The topological polar surface area (TPSA) is 17.3 Å². The minimum atomic E-state index is 0.727. The van der Waals surface area contributed by atoms with Crippen molar-refractivity contribution in [2.75, 3.05) is 0 Å². The number of hydrogen-bond acceptors (Lipinski definition) is 1. The first-order chi connectivity index (χ1) is 7.84. The maximum Gasteiger partial charge on any atom is 0.144 e. The molecule has 16 heavy (non-hydrogen) atoms. The molecule has 78 valence electrons. The number of pyridine rings is 1. The lowest BCUT2D eigenvalue weighted by atomic mass is 10.2. The summed E-state index contributed by atoms with van der Waals surface area (Å²) in [5.41, 5.74) is 2.11. The van der Waals surface area contributed by atoms with Crippen LogP contribution in [0.3, 0.4) is 0 Å². The number of imidazole rings is 1. The van der Waals surface area contributed by atoms with E-state index in [0.717, 1.165) is 21.9 Å². The number of benzene rings is 1. The molecule has 1 aromatic carbocycles. The Morgan fingerprint density at radius 3 is 2.88 bits per heavy atom. The lowest BCUT2D eigenvalue weighted by Gasteiger charge is -2.01. The molecule has 2 nitrogen and oxygen atoms in total. The van der Waals surface area contributed by atoms with Crippen LogP contribution in [0.1, 0.15) is 0 Å². The van der Waals surface area contributed by atoms with Crippen molar-refractivity contribution >= 4 is 17.1 Å². The Balaban J connectivity index is 2.26. The number of hydrogen-bond donors (Lipinski definition) is 0. The van der Waals surface area contributed by atoms with E-state index in [1.807, 2.05) is 59.3 Å². The van der Waals surface area contributed by atoms with Gasteiger partial charge in [-0.2, -0.15) is 0 Å². The van der Waals surface area contributed by atoms with Gasteiger partial charge in [-0.1, -0.05) is 29.8 Å². The second kappa shape index (κ2) is 3.65. The summed E-state index contributed by atoms with van der Waals surface area (Å²) in [7, 11) is 0. The fraction of sp³-hybridized carbons (Fsp3) is 0. The number of fused-ring (bicyclic) bond motifs is 1. The zero-order valence-electron chi connectivity index (χ0n) is 8.47. The van der Waals surface area contributed by atoms with E-state index in [1.165, 1.54) is 0 Å². The Morgan fingerprint density at radius 2 is 2.00 bits per heavy atom. The summed E-state index contributed by atoms with van der Waals surface area (Å²) in [6.45, 7) is 0. The van der Waals surface area contributed by atoms with Crippen LogP contribution in [-0.2, 0) is 0 Å². The monoisotopic (exact) mass is 228 g/mol. The SMILES string of the molecule is Clc1cccc(-c2ncc3ccccn23)c1. The van der Waals surface area contributed by atoms with Gasteiger partial charge in [-0.25, -0.2) is 4.98 Å². The van der Waals surface area contributed by atoms with Gasteiger partial charge in [-0.3, -0.25) is 4.40 Å². The lowest BCUT2D eigenvalue weighted by Crippen LogP contribution is -1.87. The summed E-state index contributed by atoms with van der Waals surface area (Å²) in [4.78, 5) is 4.41. The quantitative estimate of drug-likeness (QED) is 0.621. The van der Waals surface area contributed by atoms with Gasteiger partial charge in [0.2, 0.25) is 0 Å². The van der Waals surface area contributed by atoms with E-state index in [-0.39, 0.29) is 0 Å². The highest BCUT2D eigenvalue weighted by molar-refractivity contribution is 6.30. The normalized spacial score (nSPS) is 10.8. The van der Waals surface area contributed by atoms with Gasteiger partial charge in [0, 0.05) is 16.8 Å². The van der Waals surface area contributed by atoms with Crippen molar-refractivity contribution < 1.29 is 0 Å². The lowest BCUT2D eigenvalue weighted by molar-refractivity contribution is 1.16. The molecule has 0 radical (unpaired) electrons. The minimum Gasteiger partial charge on any atom is -0.300 e. The summed E-state index contributed by atoms with van der Waals surface area (Å²) in [5.74, 6) is 0.915. The summed E-state index contributed by atoms with van der Waals surface area (Å²) in [5, 5.41) is 0.727. The van der Waals surface area contributed by atoms with E-state index < -0.39 is 0 Å². The number of nitrogens with zero attached hydrogens (tertiary/aromatic N) is 2. The molecule has 2 aromatic heterocycles. The number of halogens is 1. The Morgan fingerprint density at radius 1 is 1.06 bits per heavy atom. The smallest absolute Gasteiger partial charge is 0.144 e. The van der Waals surface area contributed by atoms with Crippen LogP contribution in [-0.4, -0.2) is 9.38 Å². The molecule has 0 N–H and O–H groups in total. The van der Waals surface area contributed by atoms with Gasteiger partial charge in [0.15, 0.2) is 0 Å². The van der Waals surface area contributed by atoms with Crippen molar-refractivity contribution in [3.05, 3.63) is 59.9 Å². The van der Waals surface area contributed by atoms with Crippen LogP contribution in [0.2, 0.25) is 5.02 Å². The van der Waals surface area contributed by atoms with Crippen molar-refractivity contribution in [3.63, 3.8) is 0 Å². The van der Waals surface area contributed by atoms with Crippen molar-refractivity contribution in [2.45, 2.75) is 0 Å². The Kier molecular flexibility index (Phi) is 2.15. The molecule has 0 saturated carbocycles. The van der Waals surface area contributed by atoms with Crippen LogP contribution in [0.25, 0.3) is 16.9 Å². The van der Waals surface area contributed by atoms with Gasteiger partial charge in [0.05, 0.1) is 11.7 Å². The largest absolute Gasteiger partial charge is 0.300 e. The van der Waals surface area contributed by atoms with Crippen LogP contribution >= 0.6 is 11.6 Å². The average Bonchev–Trinajstić information content (AvgIpc) is 2.72. The van der Waals surface area contributed by atoms with Gasteiger partial charge in [-0.15, -0.1) is 0 Å². The molecule has 0 amide bonds. The highest BCUT2D eigenvalue weighted by Gasteiger charge is 2.05. The second-order valence-electron chi connectivity index (χ2n) is 3.59. The molecular weight excluding hydrogens is 220 g/mol. The zero-order valence-corrected chi connectivity index (χ0v) is 9.22. The Bertz CT molecular complexity index is 643. The molecule has 0 aliphatic carbocycles. The molecule has 0 spiro atoms. The maximum absolute atomic E-state index is 5.98. The third-order valence-electron chi connectivity index (χ3n) is 2.52. The number of aromatic nitrogens is 2. The summed E-state index contributed by atoms with van der Waals surface area (Å²) < 4.78 is 2.05. The van der Waals surface area contributed by atoms with E-state index in [9.17, 15) is 0 Å². The van der Waals surface area contributed by atoms with Crippen molar-refractivity contribution in [1.29, 1.82) is 0 Å². The van der Waals surface area contributed by atoms with Crippen LogP contribution in [0, 0.1) is 0 Å². The van der Waals surface area contributed by atoms with Crippen LogP contribution in [0.4, 0.5) is 0 Å². The molecule has 0 aliphatic rings. The molecule has 0 saturated heterocycles. The zero-order chi connectivity index (χ0) is 11.0. The van der Waals surface area contributed by atoms with Crippen molar-refractivity contribution in [2.24, 2.45) is 0 Å². The maximum atomic E-state index is 5.98. The first-order valence-electron chi connectivity index (χ1n) is 5.02. The van der Waals surface area contributed by atoms with Gasteiger partial charge in [0.25, 0.3) is 0 Å². The van der Waals surface area contributed by atoms with Gasteiger partial charge in [-0.05, 0) is 24.3 Å². The first kappa shape index (κ1) is 9.43. The third kappa shape index (κ3) is 1.48. The molecule has 0 unspecified atom stereocenters. The summed E-state index contributed by atoms with van der Waals surface area (Å²) >= 11 is 5.98. The standard InChI is InChI=1S/C13H9ClN2/c14-11-5-3-4-10(8-11)13-15-9-12-6-1-2-7-16(12)13/h1-9H. The van der Waals surface area contributed by atoms with E-state index in [2.05, 4.69) is 4.98 Å². The molecule has 0 aliphatic heterocycles. The van der Waals surface area contributed by atoms with Crippen LogP contribution in [0.15, 0.2) is 54.9 Å². The fourth-order valence-corrected chi connectivity index (χ4v) is 1.98. The van der Waals surface area contributed by atoms with Gasteiger partial charge in [0.1, 0.15) is 5.82 Å². The minimum absolute atomic E-state index is 0.727. The fourth-order valence-electron chi connectivity index (χ4n) is 1.79. The molecule has 0 atom stereocenters. The van der Waals surface area contributed by atoms with E-state index >= 15 is 0 Å². The predicted octanol–water partition coefficient (Wildman–Crippen LogP) is 3.65. The highest BCUT2D eigenvalue weighted by atomic mass is 35.5. The van der Waals surface area contributed by atoms with Gasteiger partial charge < -0.3 is 0 Å². The van der Waals surface area contributed by atoms with E-state index in [1.54, 1.807) is 0 Å². The molecule has 3 heteroatoms. The Labute approximate surface area is 98.1 Å². The molecule has 2 heterocycles. The molecule has 0 bridgehead atoms. The summed E-state index contributed by atoms with van der Waals surface area (Å²) in [6.07, 6.45) is 3.86. The Hall–Kier alpha value is -1.80. The van der Waals surface area contributed by atoms with Crippen LogP contribution in [0.5, 0.6) is 0 Å². The van der Waals surface area contributed by atoms with E-state index in [0.29, 0.717) is 0 Å². The first-order valence-corrected chi connectivity index (χ1v) is 5.40. The highest BCUT2D eigenvalue weighted by Crippen LogP contribution is 2.22. The molecule has 3 aromatic rings. The molecule has 0 fully saturated rings. The van der Waals surface area contributed by atoms with Gasteiger partial charge >= 0.3 is 0 Å². The number of rotatable bonds is 1. The molecular formula is C13H9ClN2. The predicted molar refractivity (Wildman–Crippen MR) is 65.6 cm³/mol. The van der Waals surface area contributed by atoms with Crippen molar-refractivity contribution in [3.8, 4) is 11.4 Å². The second-order valence-corrected chi connectivity index (χ2v) is 4.02.